The zero-order chi connectivity index (χ0) is 22.4. The first-order valence-electron chi connectivity index (χ1n) is 9.69. The van der Waals surface area contributed by atoms with Crippen molar-refractivity contribution >= 4 is 40.5 Å². The highest BCUT2D eigenvalue weighted by molar-refractivity contribution is 6.33. The molecule has 0 bridgehead atoms. The number of aryl methyl sites for hydroxylation is 2. The highest BCUT2D eigenvalue weighted by atomic mass is 35.5. The molecule has 0 aliphatic heterocycles. The number of benzene rings is 1. The summed E-state index contributed by atoms with van der Waals surface area (Å²) in [5.41, 5.74) is 4.99. The van der Waals surface area contributed by atoms with Gasteiger partial charge in [-0.2, -0.15) is 5.10 Å². The Morgan fingerprint density at radius 2 is 1.97 bits per heavy atom. The van der Waals surface area contributed by atoms with E-state index in [4.69, 9.17) is 16.4 Å². The lowest BCUT2D eigenvalue weighted by atomic mass is 10.1. The number of carbonyl (C=O) groups is 1. The van der Waals surface area contributed by atoms with Crippen molar-refractivity contribution in [1.82, 2.24) is 25.1 Å². The molecule has 1 aromatic carbocycles. The normalized spacial score (nSPS) is 10.9. The average molecular weight is 444 g/mol. The molecule has 2 aromatic heterocycles. The predicted molar refractivity (Wildman–Crippen MR) is 122 cm³/mol. The van der Waals surface area contributed by atoms with E-state index < -0.39 is 0 Å². The summed E-state index contributed by atoms with van der Waals surface area (Å²) in [6.45, 7) is 2.99. The predicted octanol–water partition coefficient (Wildman–Crippen LogP) is 3.49. The van der Waals surface area contributed by atoms with E-state index >= 15 is 0 Å². The Bertz CT molecular complexity index is 1050. The lowest BCUT2D eigenvalue weighted by Gasteiger charge is -2.15. The number of carbonyl (C=O) groups excluding carboxylic acids is 1. The fourth-order valence-electron chi connectivity index (χ4n) is 2.80. The van der Waals surface area contributed by atoms with E-state index in [-0.39, 0.29) is 5.91 Å². The SMILES string of the molecule is Cc1cc(Nc2cc(Nc3ccccc3C(=O)NOCCN(C)C)c(Cl)cn2)n(C)n1. The van der Waals surface area contributed by atoms with Crippen molar-refractivity contribution in [2.24, 2.45) is 7.05 Å². The standard InChI is InChI=1S/C21H26ClN7O2/c1-14-11-20(29(4)26-14)25-19-12-18(16(22)13-23-19)24-17-8-6-5-7-15(17)21(30)27-31-10-9-28(2)3/h5-8,11-13H,9-10H2,1-4H3,(H,27,30)(H2,23,24,25). The van der Waals surface area contributed by atoms with Crippen LogP contribution < -0.4 is 16.1 Å². The van der Waals surface area contributed by atoms with E-state index in [1.165, 1.54) is 0 Å². The number of hydrogen-bond acceptors (Lipinski definition) is 7. The maximum Gasteiger partial charge on any atom is 0.276 e. The maximum absolute atomic E-state index is 12.6. The number of aromatic nitrogens is 3. The van der Waals surface area contributed by atoms with Crippen molar-refractivity contribution < 1.29 is 9.63 Å². The molecular weight excluding hydrogens is 418 g/mol. The molecule has 0 saturated carbocycles. The van der Waals surface area contributed by atoms with Crippen LogP contribution in [0.25, 0.3) is 0 Å². The Morgan fingerprint density at radius 3 is 2.68 bits per heavy atom. The quantitative estimate of drug-likeness (QED) is 0.344. The molecule has 0 aliphatic carbocycles. The third-order valence-electron chi connectivity index (χ3n) is 4.36. The second-order valence-electron chi connectivity index (χ2n) is 7.22. The fourth-order valence-corrected chi connectivity index (χ4v) is 2.95. The van der Waals surface area contributed by atoms with E-state index in [9.17, 15) is 4.79 Å². The molecule has 0 aliphatic rings. The van der Waals surface area contributed by atoms with Gasteiger partial charge in [0.05, 0.1) is 40.5 Å². The van der Waals surface area contributed by atoms with Gasteiger partial charge >= 0.3 is 0 Å². The summed E-state index contributed by atoms with van der Waals surface area (Å²) in [5, 5.41) is 11.2. The number of hydrogen-bond donors (Lipinski definition) is 3. The smallest absolute Gasteiger partial charge is 0.276 e. The summed E-state index contributed by atoms with van der Waals surface area (Å²) in [5.74, 6) is 1.03. The molecule has 0 spiro atoms. The Kier molecular flexibility index (Phi) is 7.45. The summed E-state index contributed by atoms with van der Waals surface area (Å²) in [4.78, 5) is 24.1. The molecule has 2 heterocycles. The van der Waals surface area contributed by atoms with Crippen molar-refractivity contribution in [2.45, 2.75) is 6.92 Å². The van der Waals surface area contributed by atoms with Crippen LogP contribution in [0.4, 0.5) is 23.0 Å². The monoisotopic (exact) mass is 443 g/mol. The fraction of sp³-hybridized carbons (Fsp3) is 0.286. The van der Waals surface area contributed by atoms with Gasteiger partial charge in [0.1, 0.15) is 11.6 Å². The minimum absolute atomic E-state index is 0.351. The number of nitrogens with zero attached hydrogens (tertiary/aromatic N) is 4. The van der Waals surface area contributed by atoms with E-state index in [1.807, 2.05) is 45.1 Å². The van der Waals surface area contributed by atoms with Gasteiger partial charge in [0, 0.05) is 25.7 Å². The van der Waals surface area contributed by atoms with Crippen LogP contribution in [0.3, 0.4) is 0 Å². The lowest BCUT2D eigenvalue weighted by Crippen LogP contribution is -2.28. The van der Waals surface area contributed by atoms with Gasteiger partial charge in [0.2, 0.25) is 0 Å². The van der Waals surface area contributed by atoms with Gasteiger partial charge in [-0.15, -0.1) is 0 Å². The molecule has 0 atom stereocenters. The van der Waals surface area contributed by atoms with Gasteiger partial charge in [-0.1, -0.05) is 23.7 Å². The van der Waals surface area contributed by atoms with E-state index in [1.54, 1.807) is 35.1 Å². The molecule has 1 amide bonds. The van der Waals surface area contributed by atoms with Crippen LogP contribution in [0, 0.1) is 6.92 Å². The third kappa shape index (κ3) is 6.17. The molecule has 9 nitrogen and oxygen atoms in total. The number of hydroxylamine groups is 1. The topological polar surface area (TPSA) is 96.3 Å². The zero-order valence-corrected chi connectivity index (χ0v) is 18.7. The number of amides is 1. The van der Waals surface area contributed by atoms with Crippen LogP contribution in [-0.2, 0) is 11.9 Å². The van der Waals surface area contributed by atoms with Gasteiger partial charge < -0.3 is 15.5 Å². The summed E-state index contributed by atoms with van der Waals surface area (Å²) >= 11 is 6.35. The zero-order valence-electron chi connectivity index (χ0n) is 17.9. The number of anilines is 4. The van der Waals surface area contributed by atoms with Crippen LogP contribution in [0.2, 0.25) is 5.02 Å². The highest BCUT2D eigenvalue weighted by Gasteiger charge is 2.13. The summed E-state index contributed by atoms with van der Waals surface area (Å²) < 4.78 is 1.73. The van der Waals surface area contributed by atoms with E-state index in [0.717, 1.165) is 11.5 Å². The molecule has 31 heavy (non-hydrogen) atoms. The first-order chi connectivity index (χ1) is 14.8. The first-order valence-corrected chi connectivity index (χ1v) is 10.1. The van der Waals surface area contributed by atoms with Gasteiger partial charge in [0.15, 0.2) is 0 Å². The Labute approximate surface area is 186 Å². The maximum atomic E-state index is 12.6. The number of nitrogens with one attached hydrogen (secondary N) is 3. The second kappa shape index (κ2) is 10.3. The molecule has 3 N–H and O–H groups in total. The molecule has 0 fully saturated rings. The second-order valence-corrected chi connectivity index (χ2v) is 7.63. The molecule has 164 valence electrons. The number of para-hydroxylation sites is 1. The highest BCUT2D eigenvalue weighted by Crippen LogP contribution is 2.29. The van der Waals surface area contributed by atoms with Crippen LogP contribution in [0.5, 0.6) is 0 Å². The first kappa shape index (κ1) is 22.5. The summed E-state index contributed by atoms with van der Waals surface area (Å²) in [6, 6.07) is 10.8. The molecule has 3 rings (SSSR count). The van der Waals surface area contributed by atoms with E-state index in [0.29, 0.717) is 40.9 Å². The van der Waals surface area contributed by atoms with Gasteiger partial charge in [-0.25, -0.2) is 10.5 Å². The third-order valence-corrected chi connectivity index (χ3v) is 4.66. The minimum atomic E-state index is -0.351. The molecule has 3 aromatic rings. The van der Waals surface area contributed by atoms with Crippen molar-refractivity contribution in [3.63, 3.8) is 0 Å². The van der Waals surface area contributed by atoms with Gasteiger partial charge in [0.25, 0.3) is 5.91 Å². The number of likely N-dealkylation sites (N-methyl/N-ethyl adjacent to an activating group) is 1. The Morgan fingerprint density at radius 1 is 1.19 bits per heavy atom. The van der Waals surface area contributed by atoms with Crippen molar-refractivity contribution in [3.8, 4) is 0 Å². The number of halogens is 1. The lowest BCUT2D eigenvalue weighted by molar-refractivity contribution is 0.0263. The van der Waals surface area contributed by atoms with Crippen LogP contribution in [0.1, 0.15) is 16.1 Å². The molecule has 0 saturated heterocycles. The van der Waals surface area contributed by atoms with Crippen molar-refractivity contribution in [1.29, 1.82) is 0 Å². The number of pyridine rings is 1. The minimum Gasteiger partial charge on any atom is -0.353 e. The summed E-state index contributed by atoms with van der Waals surface area (Å²) in [7, 11) is 5.71. The molecule has 10 heteroatoms. The summed E-state index contributed by atoms with van der Waals surface area (Å²) in [6.07, 6.45) is 1.54. The Balaban J connectivity index is 1.75. The largest absolute Gasteiger partial charge is 0.353 e. The molecule has 0 radical (unpaired) electrons. The molecule has 0 unspecified atom stereocenters. The van der Waals surface area contributed by atoms with Crippen molar-refractivity contribution in [2.75, 3.05) is 37.9 Å². The van der Waals surface area contributed by atoms with Crippen molar-refractivity contribution in [3.05, 3.63) is 58.9 Å². The Hall–Kier alpha value is -3.14. The van der Waals surface area contributed by atoms with Crippen LogP contribution in [0.15, 0.2) is 42.6 Å². The number of rotatable bonds is 9. The van der Waals surface area contributed by atoms with Crippen LogP contribution >= 0.6 is 11.6 Å². The van der Waals surface area contributed by atoms with Gasteiger partial charge in [-0.3, -0.25) is 14.3 Å². The van der Waals surface area contributed by atoms with Crippen LogP contribution in [-0.4, -0.2) is 52.8 Å². The average Bonchev–Trinajstić information content (AvgIpc) is 3.04. The van der Waals surface area contributed by atoms with E-state index in [2.05, 4.69) is 26.2 Å². The molecular formula is C21H26ClN7O2. The van der Waals surface area contributed by atoms with Gasteiger partial charge in [-0.05, 0) is 33.2 Å².